The van der Waals surface area contributed by atoms with Crippen LogP contribution in [0.15, 0.2) is 60.8 Å². The summed E-state index contributed by atoms with van der Waals surface area (Å²) in [5, 5.41) is 4.51. The van der Waals surface area contributed by atoms with Gasteiger partial charge in [0.2, 0.25) is 0 Å². The van der Waals surface area contributed by atoms with Crippen LogP contribution in [-0.2, 0) is 13.0 Å². The highest BCUT2D eigenvalue weighted by Crippen LogP contribution is 2.22. The molecular formula is C23H25N3O. The second-order valence-corrected chi connectivity index (χ2v) is 7.37. The zero-order valence-corrected chi connectivity index (χ0v) is 15.7. The Kier molecular flexibility index (Phi) is 5.16. The van der Waals surface area contributed by atoms with Gasteiger partial charge >= 0.3 is 0 Å². The third-order valence-electron chi connectivity index (χ3n) is 5.39. The third kappa shape index (κ3) is 3.86. The zero-order valence-electron chi connectivity index (χ0n) is 15.7. The number of hydrogen-bond donors (Lipinski definition) is 1. The first kappa shape index (κ1) is 17.7. The second-order valence-electron chi connectivity index (χ2n) is 7.37. The molecule has 4 nitrogen and oxygen atoms in total. The summed E-state index contributed by atoms with van der Waals surface area (Å²) in [6.45, 7) is 2.67. The Hall–Kier alpha value is -2.72. The lowest BCUT2D eigenvalue weighted by Crippen LogP contribution is -2.27. The molecule has 2 heterocycles. The number of rotatable bonds is 5. The molecule has 1 aromatic heterocycles. The number of benzene rings is 2. The maximum Gasteiger partial charge on any atom is 0.254 e. The van der Waals surface area contributed by atoms with Gasteiger partial charge in [-0.25, -0.2) is 0 Å². The molecule has 1 unspecified atom stereocenters. The van der Waals surface area contributed by atoms with Gasteiger partial charge in [-0.15, -0.1) is 0 Å². The minimum absolute atomic E-state index is 0.0736. The lowest BCUT2D eigenvalue weighted by molar-refractivity contribution is 0.0784. The van der Waals surface area contributed by atoms with E-state index in [9.17, 15) is 4.79 Å². The van der Waals surface area contributed by atoms with E-state index in [0.29, 0.717) is 12.5 Å². The van der Waals surface area contributed by atoms with Crippen molar-refractivity contribution in [1.29, 1.82) is 0 Å². The van der Waals surface area contributed by atoms with Gasteiger partial charge in [-0.1, -0.05) is 42.5 Å². The largest absolute Gasteiger partial charge is 0.337 e. The summed E-state index contributed by atoms with van der Waals surface area (Å²) in [4.78, 5) is 19.5. The molecule has 3 aromatic rings. The number of fused-ring (bicyclic) bond motifs is 1. The molecule has 1 saturated heterocycles. The van der Waals surface area contributed by atoms with Crippen LogP contribution in [0.4, 0.5) is 0 Å². The molecule has 4 heteroatoms. The van der Waals surface area contributed by atoms with Crippen LogP contribution in [-0.4, -0.2) is 35.9 Å². The summed E-state index contributed by atoms with van der Waals surface area (Å²) >= 11 is 0. The Morgan fingerprint density at radius 1 is 1.11 bits per heavy atom. The van der Waals surface area contributed by atoms with Gasteiger partial charge in [0.25, 0.3) is 5.91 Å². The molecular weight excluding hydrogens is 334 g/mol. The van der Waals surface area contributed by atoms with Crippen LogP contribution in [0.2, 0.25) is 0 Å². The second kappa shape index (κ2) is 7.89. The van der Waals surface area contributed by atoms with E-state index in [1.165, 1.54) is 6.42 Å². The van der Waals surface area contributed by atoms with E-state index in [0.717, 1.165) is 47.1 Å². The highest BCUT2D eigenvalue weighted by atomic mass is 16.2. The third-order valence-corrected chi connectivity index (χ3v) is 5.39. The molecule has 1 atom stereocenters. The Morgan fingerprint density at radius 3 is 2.78 bits per heavy atom. The van der Waals surface area contributed by atoms with E-state index in [1.807, 2.05) is 37.4 Å². The number of carbonyl (C=O) groups excluding carboxylic acids is 1. The molecule has 4 rings (SSSR count). The van der Waals surface area contributed by atoms with Gasteiger partial charge in [-0.2, -0.15) is 0 Å². The number of pyridine rings is 1. The molecule has 1 aliphatic rings. The normalized spacial score (nSPS) is 16.6. The van der Waals surface area contributed by atoms with Crippen molar-refractivity contribution in [2.24, 2.45) is 5.92 Å². The SMILES string of the molecule is CN(Cc1cccc2cccnc12)C(=O)c1ccccc1CC1CCNC1. The van der Waals surface area contributed by atoms with E-state index >= 15 is 0 Å². The van der Waals surface area contributed by atoms with Crippen LogP contribution in [0.25, 0.3) is 10.9 Å². The summed E-state index contributed by atoms with van der Waals surface area (Å²) < 4.78 is 0. The average molecular weight is 359 g/mol. The molecule has 2 aromatic carbocycles. The highest BCUT2D eigenvalue weighted by molar-refractivity contribution is 5.95. The molecule has 1 N–H and O–H groups in total. The van der Waals surface area contributed by atoms with Crippen molar-refractivity contribution in [2.75, 3.05) is 20.1 Å². The lowest BCUT2D eigenvalue weighted by atomic mass is 9.94. The maximum atomic E-state index is 13.2. The molecule has 0 spiro atoms. The number of nitrogens with one attached hydrogen (secondary N) is 1. The molecule has 27 heavy (non-hydrogen) atoms. The fraction of sp³-hybridized carbons (Fsp3) is 0.304. The number of hydrogen-bond acceptors (Lipinski definition) is 3. The van der Waals surface area contributed by atoms with Crippen LogP contribution in [0, 0.1) is 5.92 Å². The number of amides is 1. The summed E-state index contributed by atoms with van der Waals surface area (Å²) in [5.74, 6) is 0.691. The molecule has 1 amide bonds. The van der Waals surface area contributed by atoms with Gasteiger partial charge in [-0.05, 0) is 55.1 Å². The van der Waals surface area contributed by atoms with Gasteiger partial charge in [0.1, 0.15) is 0 Å². The predicted octanol–water partition coefficient (Wildman–Crippen LogP) is 3.66. The molecule has 0 radical (unpaired) electrons. The monoisotopic (exact) mass is 359 g/mol. The van der Waals surface area contributed by atoms with E-state index in [1.54, 1.807) is 11.1 Å². The fourth-order valence-electron chi connectivity index (χ4n) is 3.93. The average Bonchev–Trinajstić information content (AvgIpc) is 3.21. The van der Waals surface area contributed by atoms with Crippen molar-refractivity contribution in [3.05, 3.63) is 77.5 Å². The van der Waals surface area contributed by atoms with Crippen LogP contribution >= 0.6 is 0 Å². The first-order valence-corrected chi connectivity index (χ1v) is 9.59. The maximum absolute atomic E-state index is 13.2. The van der Waals surface area contributed by atoms with Gasteiger partial charge < -0.3 is 10.2 Å². The topological polar surface area (TPSA) is 45.2 Å². The van der Waals surface area contributed by atoms with Gasteiger partial charge in [-0.3, -0.25) is 9.78 Å². The van der Waals surface area contributed by atoms with Crippen LogP contribution in [0.5, 0.6) is 0 Å². The number of nitrogens with zero attached hydrogens (tertiary/aromatic N) is 2. The summed E-state index contributed by atoms with van der Waals surface area (Å²) in [6, 6.07) is 18.2. The molecule has 0 aliphatic carbocycles. The number of aromatic nitrogens is 1. The van der Waals surface area contributed by atoms with Crippen molar-refractivity contribution in [3.63, 3.8) is 0 Å². The summed E-state index contributed by atoms with van der Waals surface area (Å²) in [6.07, 6.45) is 3.94. The van der Waals surface area contributed by atoms with Gasteiger partial charge in [0.05, 0.1) is 5.52 Å². The van der Waals surface area contributed by atoms with E-state index in [2.05, 4.69) is 34.6 Å². The number of carbonyl (C=O) groups is 1. The molecule has 0 bridgehead atoms. The molecule has 1 fully saturated rings. The fourth-order valence-corrected chi connectivity index (χ4v) is 3.93. The lowest BCUT2D eigenvalue weighted by Gasteiger charge is -2.20. The summed E-state index contributed by atoms with van der Waals surface area (Å²) in [5.41, 5.74) is 4.01. The van der Waals surface area contributed by atoms with Crippen LogP contribution in [0.3, 0.4) is 0 Å². The van der Waals surface area contributed by atoms with Crippen LogP contribution < -0.4 is 5.32 Å². The first-order valence-electron chi connectivity index (χ1n) is 9.59. The Morgan fingerprint density at radius 2 is 1.93 bits per heavy atom. The van der Waals surface area contributed by atoms with E-state index < -0.39 is 0 Å². The van der Waals surface area contributed by atoms with Crippen molar-refractivity contribution < 1.29 is 4.79 Å². The van der Waals surface area contributed by atoms with Crippen molar-refractivity contribution in [2.45, 2.75) is 19.4 Å². The molecule has 0 saturated carbocycles. The Balaban J connectivity index is 1.55. The highest BCUT2D eigenvalue weighted by Gasteiger charge is 2.20. The Bertz CT molecular complexity index is 942. The minimum atomic E-state index is 0.0736. The van der Waals surface area contributed by atoms with Crippen LogP contribution in [0.1, 0.15) is 27.9 Å². The zero-order chi connectivity index (χ0) is 18.6. The molecule has 1 aliphatic heterocycles. The van der Waals surface area contributed by atoms with E-state index in [-0.39, 0.29) is 5.91 Å². The van der Waals surface area contributed by atoms with Crippen molar-refractivity contribution >= 4 is 16.8 Å². The standard InChI is InChI=1S/C23H25N3O/c1-26(16-20-8-4-7-18-9-5-12-25-22(18)20)23(27)21-10-3-2-6-19(21)14-17-11-13-24-15-17/h2-10,12,17,24H,11,13-16H2,1H3. The smallest absolute Gasteiger partial charge is 0.254 e. The molecule has 138 valence electrons. The minimum Gasteiger partial charge on any atom is -0.337 e. The summed E-state index contributed by atoms with van der Waals surface area (Å²) in [7, 11) is 1.87. The Labute approximate surface area is 160 Å². The van der Waals surface area contributed by atoms with E-state index in [4.69, 9.17) is 0 Å². The van der Waals surface area contributed by atoms with Crippen molar-refractivity contribution in [3.8, 4) is 0 Å². The quantitative estimate of drug-likeness (QED) is 0.756. The number of para-hydroxylation sites is 1. The van der Waals surface area contributed by atoms with Gasteiger partial charge in [0, 0.05) is 30.7 Å². The first-order chi connectivity index (χ1) is 13.2. The van der Waals surface area contributed by atoms with Gasteiger partial charge in [0.15, 0.2) is 0 Å². The predicted molar refractivity (Wildman–Crippen MR) is 109 cm³/mol. The van der Waals surface area contributed by atoms with Crippen molar-refractivity contribution in [1.82, 2.24) is 15.2 Å².